The summed E-state index contributed by atoms with van der Waals surface area (Å²) in [6.07, 6.45) is 11.5. The first kappa shape index (κ1) is 26.3. The van der Waals surface area contributed by atoms with Gasteiger partial charge in [0.15, 0.2) is 0 Å². The molecular weight excluding hydrogens is 486 g/mol. The van der Waals surface area contributed by atoms with Crippen LogP contribution in [0.2, 0.25) is 0 Å². The minimum absolute atomic E-state index is 0.0120. The highest BCUT2D eigenvalue weighted by Crippen LogP contribution is 2.37. The molecule has 200 valence electrons. The molecule has 3 fully saturated rings. The van der Waals surface area contributed by atoms with Crippen molar-refractivity contribution >= 4 is 23.2 Å². The summed E-state index contributed by atoms with van der Waals surface area (Å²) in [7, 11) is 0. The Morgan fingerprint density at radius 3 is 2.54 bits per heavy atom. The first-order valence-electron chi connectivity index (χ1n) is 13.8. The number of rotatable bonds is 8. The van der Waals surface area contributed by atoms with Gasteiger partial charge in [0.05, 0.1) is 11.3 Å². The molecule has 0 radical (unpaired) electrons. The Labute approximate surface area is 223 Å². The summed E-state index contributed by atoms with van der Waals surface area (Å²) in [4.78, 5) is 40.5. The largest absolute Gasteiger partial charge is 0.390 e. The van der Waals surface area contributed by atoms with Crippen LogP contribution in [0, 0.1) is 0 Å². The van der Waals surface area contributed by atoms with Crippen molar-refractivity contribution in [3.05, 3.63) is 35.6 Å². The van der Waals surface area contributed by atoms with Crippen molar-refractivity contribution in [2.45, 2.75) is 94.9 Å². The summed E-state index contributed by atoms with van der Waals surface area (Å²) in [5, 5.41) is 17.3. The second-order valence-corrected chi connectivity index (χ2v) is 11.9. The number of aromatic nitrogens is 2. The van der Waals surface area contributed by atoms with Gasteiger partial charge in [-0.3, -0.25) is 19.5 Å². The number of carbonyl (C=O) groups is 2. The number of thiazole rings is 1. The van der Waals surface area contributed by atoms with E-state index >= 15 is 0 Å². The van der Waals surface area contributed by atoms with Crippen LogP contribution in [-0.2, 0) is 16.1 Å². The predicted molar refractivity (Wildman–Crippen MR) is 144 cm³/mol. The molecule has 1 saturated carbocycles. The summed E-state index contributed by atoms with van der Waals surface area (Å²) >= 11 is 1.63. The summed E-state index contributed by atoms with van der Waals surface area (Å²) < 4.78 is 0. The zero-order valence-corrected chi connectivity index (χ0v) is 22.6. The van der Waals surface area contributed by atoms with Gasteiger partial charge in [-0.1, -0.05) is 32.6 Å². The lowest BCUT2D eigenvalue weighted by atomic mass is 9.77. The lowest BCUT2D eigenvalue weighted by molar-refractivity contribution is -0.163. The van der Waals surface area contributed by atoms with Gasteiger partial charge in [0.2, 0.25) is 11.8 Å². The maximum Gasteiger partial charge on any atom is 0.246 e. The van der Waals surface area contributed by atoms with E-state index in [-0.39, 0.29) is 11.8 Å². The monoisotopic (exact) mass is 525 g/mol. The number of aliphatic hydroxyl groups is 1. The molecule has 2 aromatic heterocycles. The van der Waals surface area contributed by atoms with Crippen molar-refractivity contribution in [1.82, 2.24) is 25.1 Å². The van der Waals surface area contributed by atoms with Crippen LogP contribution in [0.5, 0.6) is 0 Å². The molecule has 1 atom stereocenters. The third-order valence-corrected chi connectivity index (χ3v) is 9.40. The number of piperazine rings is 1. The number of hydrogen-bond donors (Lipinski definition) is 2. The van der Waals surface area contributed by atoms with E-state index in [1.807, 2.05) is 17.0 Å². The fourth-order valence-electron chi connectivity index (χ4n) is 6.26. The molecule has 0 aromatic carbocycles. The van der Waals surface area contributed by atoms with Gasteiger partial charge in [-0.15, -0.1) is 11.3 Å². The van der Waals surface area contributed by atoms with Crippen LogP contribution < -0.4 is 5.32 Å². The Morgan fingerprint density at radius 1 is 1.11 bits per heavy atom. The molecule has 2 aromatic rings. The van der Waals surface area contributed by atoms with Crippen LogP contribution in [0.25, 0.3) is 10.6 Å². The Kier molecular flexibility index (Phi) is 7.93. The number of nitrogens with zero attached hydrogens (tertiary/aromatic N) is 4. The number of amides is 2. The Balaban J connectivity index is 1.25. The van der Waals surface area contributed by atoms with E-state index in [0.29, 0.717) is 38.6 Å². The second kappa shape index (κ2) is 11.2. The van der Waals surface area contributed by atoms with Crippen LogP contribution in [0.1, 0.15) is 76.8 Å². The number of hydrogen-bond acceptors (Lipinski definition) is 7. The number of piperidine rings is 1. The van der Waals surface area contributed by atoms with E-state index in [2.05, 4.69) is 27.5 Å². The lowest BCUT2D eigenvalue weighted by Crippen LogP contribution is -2.73. The van der Waals surface area contributed by atoms with Crippen LogP contribution in [0.15, 0.2) is 29.9 Å². The quantitative estimate of drug-likeness (QED) is 0.545. The normalized spacial score (nSPS) is 23.8. The first-order chi connectivity index (χ1) is 17.9. The van der Waals surface area contributed by atoms with E-state index in [4.69, 9.17) is 4.98 Å². The fraction of sp³-hybridized carbons (Fsp3) is 0.643. The molecule has 8 nitrogen and oxygen atoms in total. The molecule has 5 rings (SSSR count). The number of unbranched alkanes of at least 4 members (excludes halogenated alkanes) is 1. The maximum absolute atomic E-state index is 13.7. The molecular formula is C28H39N5O3S. The van der Waals surface area contributed by atoms with Crippen LogP contribution in [0.3, 0.4) is 0 Å². The van der Waals surface area contributed by atoms with Gasteiger partial charge in [-0.2, -0.15) is 0 Å². The molecule has 2 N–H and O–H groups in total. The maximum atomic E-state index is 13.7. The van der Waals surface area contributed by atoms with E-state index in [1.165, 1.54) is 0 Å². The molecule has 3 aliphatic rings. The highest BCUT2D eigenvalue weighted by Gasteiger charge is 2.54. The number of nitrogens with one attached hydrogen (secondary N) is 1. The fourth-order valence-corrected chi connectivity index (χ4v) is 7.08. The standard InChI is InChI=1S/C28H39N5O3S/c1-2-3-15-33-25(34)23(18-27(36)9-5-4-6-10-27)31-26(35)28(33)11-16-32(17-12-28)19-22-20-37-24(30-22)21-7-13-29-14-8-21/h7-8,13-14,20,23,36H,2-6,9-12,15-19H2,1H3,(H,31,35)/t23-/m1/s1. The zero-order valence-electron chi connectivity index (χ0n) is 21.8. The molecule has 2 amide bonds. The SMILES string of the molecule is CCCCN1C(=O)[C@@H](CC2(O)CCCCC2)NC(=O)C12CCN(Cc1csc(-c3ccncc3)n1)CC2. The molecule has 0 bridgehead atoms. The van der Waals surface area contributed by atoms with E-state index in [9.17, 15) is 14.7 Å². The van der Waals surface area contributed by atoms with Gasteiger partial charge >= 0.3 is 0 Å². The van der Waals surface area contributed by atoms with Crippen molar-refractivity contribution in [2.24, 2.45) is 0 Å². The molecule has 4 heterocycles. The molecule has 2 aliphatic heterocycles. The molecule has 1 spiro atoms. The van der Waals surface area contributed by atoms with Crippen LogP contribution in [0.4, 0.5) is 0 Å². The highest BCUT2D eigenvalue weighted by molar-refractivity contribution is 7.13. The molecule has 37 heavy (non-hydrogen) atoms. The Bertz CT molecular complexity index is 1080. The van der Waals surface area contributed by atoms with Gasteiger partial charge in [0.25, 0.3) is 0 Å². The molecule has 0 unspecified atom stereocenters. The lowest BCUT2D eigenvalue weighted by Gasteiger charge is -2.52. The number of pyridine rings is 1. The smallest absolute Gasteiger partial charge is 0.246 e. The van der Waals surface area contributed by atoms with E-state index in [1.54, 1.807) is 23.7 Å². The molecule has 9 heteroatoms. The zero-order chi connectivity index (χ0) is 25.9. The van der Waals surface area contributed by atoms with Crippen molar-refractivity contribution in [3.8, 4) is 10.6 Å². The average molecular weight is 526 g/mol. The van der Waals surface area contributed by atoms with E-state index in [0.717, 1.165) is 68.0 Å². The molecule has 1 aliphatic carbocycles. The summed E-state index contributed by atoms with van der Waals surface area (Å²) in [6, 6.07) is 3.31. The minimum Gasteiger partial charge on any atom is -0.390 e. The first-order valence-corrected chi connectivity index (χ1v) is 14.7. The number of likely N-dealkylation sites (tertiary alicyclic amines) is 1. The predicted octanol–water partition coefficient (Wildman–Crippen LogP) is 3.75. The summed E-state index contributed by atoms with van der Waals surface area (Å²) in [5.41, 5.74) is 0.457. The van der Waals surface area contributed by atoms with Gasteiger partial charge < -0.3 is 15.3 Å². The van der Waals surface area contributed by atoms with Crippen molar-refractivity contribution in [2.75, 3.05) is 19.6 Å². The number of carbonyl (C=O) groups excluding carboxylic acids is 2. The van der Waals surface area contributed by atoms with Crippen molar-refractivity contribution in [1.29, 1.82) is 0 Å². The molecule has 2 saturated heterocycles. The average Bonchev–Trinajstić information content (AvgIpc) is 3.38. The topological polar surface area (TPSA) is 98.7 Å². The van der Waals surface area contributed by atoms with E-state index < -0.39 is 17.2 Å². The highest BCUT2D eigenvalue weighted by atomic mass is 32.1. The summed E-state index contributed by atoms with van der Waals surface area (Å²) in [5.74, 6) is -0.0529. The third-order valence-electron chi connectivity index (χ3n) is 8.46. The van der Waals surface area contributed by atoms with Gasteiger partial charge in [-0.05, 0) is 44.2 Å². The summed E-state index contributed by atoms with van der Waals surface area (Å²) in [6.45, 7) is 4.91. The van der Waals surface area contributed by atoms with Gasteiger partial charge in [0.1, 0.15) is 16.6 Å². The van der Waals surface area contributed by atoms with Gasteiger partial charge in [-0.25, -0.2) is 4.98 Å². The Morgan fingerprint density at radius 2 is 1.84 bits per heavy atom. The van der Waals surface area contributed by atoms with Crippen LogP contribution >= 0.6 is 11.3 Å². The third kappa shape index (κ3) is 5.59. The minimum atomic E-state index is -0.848. The Hall–Kier alpha value is -2.36. The van der Waals surface area contributed by atoms with Gasteiger partial charge in [0, 0.05) is 55.9 Å². The van der Waals surface area contributed by atoms with Crippen molar-refractivity contribution in [3.63, 3.8) is 0 Å². The van der Waals surface area contributed by atoms with Crippen molar-refractivity contribution < 1.29 is 14.7 Å². The second-order valence-electron chi connectivity index (χ2n) is 11.0. The van der Waals surface area contributed by atoms with Crippen LogP contribution in [-0.4, -0.2) is 73.5 Å².